The second-order valence-corrected chi connectivity index (χ2v) is 21.8. The van der Waals surface area contributed by atoms with Gasteiger partial charge in [0, 0.05) is 81.6 Å². The number of piperazine rings is 1. The van der Waals surface area contributed by atoms with E-state index in [2.05, 4.69) is 59.1 Å². The SMILES string of the molecule is CC(=O)N1CCN(C2CC3(CCN(c4ccc(C(=O)NS(=O)(=O)c5cnc(NCC6CCC(C)(O)CC6)c([N+](=O)[O-])c5)c(Oc5cnc6[nH]ccc6c5)c4)CC3)C2)[C@H](c2ccccc2C2CC2)C1. The van der Waals surface area contributed by atoms with Gasteiger partial charge in [0.2, 0.25) is 11.7 Å². The molecule has 5 aliphatic rings. The molecule has 3 aliphatic carbocycles. The largest absolute Gasteiger partial charge is 0.455 e. The third-order valence-corrected chi connectivity index (χ3v) is 16.7. The van der Waals surface area contributed by atoms with Crippen LogP contribution in [0.2, 0.25) is 0 Å². The number of aromatic amines is 1. The first kappa shape index (κ1) is 45.7. The fourth-order valence-corrected chi connectivity index (χ4v) is 12.0. The van der Waals surface area contributed by atoms with Crippen molar-refractivity contribution in [3.05, 3.63) is 106 Å². The van der Waals surface area contributed by atoms with E-state index in [1.807, 2.05) is 11.0 Å². The number of anilines is 2. The second kappa shape index (κ2) is 18.1. The standard InChI is InChI=1S/C50H59N9O8S/c1-32(60)57-21-22-58(44(31-57)41-6-4-3-5-40(41)34-7-8-34)37-26-50(27-37)16-19-56(20-17-50)36-9-10-42(45(24-36)67-38-23-35-13-18-51-46(35)53-29-38)48(61)55-68(65,66)39-25-43(59(63)64)47(54-30-39)52-28-33-11-14-49(2,62)15-12-33/h3-6,9-10,13,18,23-25,29-30,33-34,37,44,62H,7-8,11-12,14-17,19-22,26-28,31H2,1-2H3,(H,51,53)(H,52,54)(H,55,61)/t33?,44-,49?/m0/s1. The maximum absolute atomic E-state index is 14.0. The minimum Gasteiger partial charge on any atom is -0.455 e. The molecule has 17 nitrogen and oxygen atoms in total. The molecule has 0 radical (unpaired) electrons. The van der Waals surface area contributed by atoms with Gasteiger partial charge in [-0.2, -0.15) is 0 Å². The van der Waals surface area contributed by atoms with Crippen LogP contribution in [0.4, 0.5) is 17.2 Å². The summed E-state index contributed by atoms with van der Waals surface area (Å²) in [7, 11) is -4.65. The maximum Gasteiger partial charge on any atom is 0.312 e. The number of benzene rings is 2. The summed E-state index contributed by atoms with van der Waals surface area (Å²) in [5, 5.41) is 26.2. The van der Waals surface area contributed by atoms with Crippen molar-refractivity contribution in [2.75, 3.05) is 49.5 Å². The van der Waals surface area contributed by atoms with E-state index in [0.717, 1.165) is 88.0 Å². The highest BCUT2D eigenvalue weighted by Crippen LogP contribution is 2.54. The summed E-state index contributed by atoms with van der Waals surface area (Å²) in [5.74, 6) is 0.296. The van der Waals surface area contributed by atoms with E-state index in [1.54, 1.807) is 44.3 Å². The number of ether oxygens (including phenoxy) is 1. The van der Waals surface area contributed by atoms with Gasteiger partial charge in [0.15, 0.2) is 0 Å². The Kier molecular flexibility index (Phi) is 12.1. The predicted molar refractivity (Wildman–Crippen MR) is 256 cm³/mol. The molecular weight excluding hydrogens is 887 g/mol. The van der Waals surface area contributed by atoms with Crippen molar-refractivity contribution in [1.29, 1.82) is 0 Å². The van der Waals surface area contributed by atoms with Crippen LogP contribution in [0.15, 0.2) is 84.1 Å². The molecule has 4 N–H and O–H groups in total. The number of nitrogens with zero attached hydrogens (tertiary/aromatic N) is 6. The lowest BCUT2D eigenvalue weighted by atomic mass is 9.59. The summed E-state index contributed by atoms with van der Waals surface area (Å²) in [6.45, 7) is 7.74. The van der Waals surface area contributed by atoms with E-state index in [1.165, 1.54) is 30.2 Å². The first-order valence-corrected chi connectivity index (χ1v) is 25.4. The number of carbonyl (C=O) groups is 2. The Labute approximate surface area is 395 Å². The van der Waals surface area contributed by atoms with Gasteiger partial charge in [0.1, 0.15) is 22.0 Å². The second-order valence-electron chi connectivity index (χ2n) is 20.1. The first-order valence-electron chi connectivity index (χ1n) is 23.9. The fourth-order valence-electron chi connectivity index (χ4n) is 11.1. The zero-order valence-electron chi connectivity index (χ0n) is 38.5. The van der Waals surface area contributed by atoms with E-state index < -0.39 is 37.0 Å². The van der Waals surface area contributed by atoms with Crippen LogP contribution in [0.1, 0.15) is 112 Å². The lowest BCUT2D eigenvalue weighted by Gasteiger charge is -2.58. The van der Waals surface area contributed by atoms with Crippen molar-refractivity contribution in [3.8, 4) is 11.5 Å². The molecule has 5 aromatic rings. The monoisotopic (exact) mass is 945 g/mol. The van der Waals surface area contributed by atoms with Crippen LogP contribution < -0.4 is 19.7 Å². The fraction of sp³-hybridized carbons (Fsp3) is 0.480. The third-order valence-electron chi connectivity index (χ3n) is 15.4. The minimum atomic E-state index is -4.65. The van der Waals surface area contributed by atoms with Crippen molar-refractivity contribution in [2.24, 2.45) is 11.3 Å². The number of H-pyrrole nitrogens is 1. The summed E-state index contributed by atoms with van der Waals surface area (Å²) in [6.07, 6.45) is 13.6. The van der Waals surface area contributed by atoms with Gasteiger partial charge in [-0.3, -0.25) is 24.6 Å². The highest BCUT2D eigenvalue weighted by atomic mass is 32.2. The number of sulfonamides is 1. The van der Waals surface area contributed by atoms with Crippen molar-refractivity contribution in [3.63, 3.8) is 0 Å². The van der Waals surface area contributed by atoms with Crippen LogP contribution >= 0.6 is 0 Å². The molecule has 2 saturated heterocycles. The van der Waals surface area contributed by atoms with Gasteiger partial charge in [-0.05, 0) is 124 Å². The molecule has 68 heavy (non-hydrogen) atoms. The number of pyridine rings is 2. The summed E-state index contributed by atoms with van der Waals surface area (Å²) in [5.41, 5.74) is 3.16. The molecule has 1 atom stereocenters. The minimum absolute atomic E-state index is 0.0586. The van der Waals surface area contributed by atoms with Crippen LogP contribution in [0.5, 0.6) is 11.5 Å². The van der Waals surface area contributed by atoms with Gasteiger partial charge in [-0.1, -0.05) is 24.3 Å². The highest BCUT2D eigenvalue weighted by Gasteiger charge is 2.50. The van der Waals surface area contributed by atoms with Crippen molar-refractivity contribution >= 4 is 50.1 Å². The van der Waals surface area contributed by atoms with Crippen LogP contribution in [0, 0.1) is 21.4 Å². The number of rotatable bonds is 13. The molecule has 2 amide bonds. The van der Waals surface area contributed by atoms with E-state index in [0.29, 0.717) is 49.3 Å². The molecule has 0 unspecified atom stereocenters. The maximum atomic E-state index is 14.0. The number of amides is 2. The normalized spacial score (nSPS) is 23.3. The number of hydrogen-bond donors (Lipinski definition) is 4. The quantitative estimate of drug-likeness (QED) is 0.0660. The number of nitro groups is 1. The van der Waals surface area contributed by atoms with Crippen LogP contribution in [0.3, 0.4) is 0 Å². The lowest BCUT2D eigenvalue weighted by Crippen LogP contribution is -2.60. The molecule has 18 heteroatoms. The molecule has 5 heterocycles. The van der Waals surface area contributed by atoms with Crippen molar-refractivity contribution in [1.82, 2.24) is 29.5 Å². The van der Waals surface area contributed by atoms with Gasteiger partial charge in [0.25, 0.3) is 15.9 Å². The summed E-state index contributed by atoms with van der Waals surface area (Å²) < 4.78 is 35.9. The zero-order chi connectivity index (χ0) is 47.4. The van der Waals surface area contributed by atoms with Gasteiger partial charge in [-0.15, -0.1) is 0 Å². The highest BCUT2D eigenvalue weighted by molar-refractivity contribution is 7.90. The Morgan fingerprint density at radius 3 is 2.41 bits per heavy atom. The predicted octanol–water partition coefficient (Wildman–Crippen LogP) is 7.66. The number of piperidine rings is 1. The lowest BCUT2D eigenvalue weighted by molar-refractivity contribution is -0.384. The Morgan fingerprint density at radius 1 is 0.941 bits per heavy atom. The van der Waals surface area contributed by atoms with Crippen LogP contribution in [-0.4, -0.2) is 106 Å². The zero-order valence-corrected chi connectivity index (χ0v) is 39.3. The topological polar surface area (TPSA) is 216 Å². The molecule has 2 aromatic carbocycles. The Hall–Kier alpha value is -6.11. The van der Waals surface area contributed by atoms with Gasteiger partial charge >= 0.3 is 5.69 Å². The van der Waals surface area contributed by atoms with Gasteiger partial charge in [-0.25, -0.2) is 23.1 Å². The molecular formula is C50H59N9O8S. The summed E-state index contributed by atoms with van der Waals surface area (Å²) in [4.78, 5) is 56.1. The Morgan fingerprint density at radius 2 is 1.69 bits per heavy atom. The number of nitrogens with one attached hydrogen (secondary N) is 3. The third kappa shape index (κ3) is 9.50. The average Bonchev–Trinajstić information content (AvgIpc) is 4.06. The van der Waals surface area contributed by atoms with Gasteiger partial charge < -0.3 is 29.9 Å². The van der Waals surface area contributed by atoms with E-state index in [-0.39, 0.29) is 40.4 Å². The number of aromatic nitrogens is 3. The van der Waals surface area contributed by atoms with E-state index in [4.69, 9.17) is 4.74 Å². The average molecular weight is 946 g/mol. The smallest absolute Gasteiger partial charge is 0.312 e. The van der Waals surface area contributed by atoms with E-state index >= 15 is 0 Å². The Balaban J connectivity index is 0.838. The molecule has 1 spiro atoms. The summed E-state index contributed by atoms with van der Waals surface area (Å²) in [6, 6.07) is 19.0. The molecule has 5 fully saturated rings. The molecule has 0 bridgehead atoms. The van der Waals surface area contributed by atoms with Gasteiger partial charge in [0.05, 0.1) is 34.5 Å². The number of hydrogen-bond acceptors (Lipinski definition) is 13. The van der Waals surface area contributed by atoms with Crippen molar-refractivity contribution < 1.29 is 32.8 Å². The van der Waals surface area contributed by atoms with E-state index in [9.17, 15) is 33.2 Å². The molecule has 10 rings (SSSR count). The Bertz CT molecular complexity index is 2840. The molecule has 358 valence electrons. The number of fused-ring (bicyclic) bond motifs is 1. The number of aliphatic hydroxyl groups is 1. The molecule has 2 aliphatic heterocycles. The summed E-state index contributed by atoms with van der Waals surface area (Å²) >= 11 is 0. The number of carbonyl (C=O) groups excluding carboxylic acids is 2. The molecule has 3 saturated carbocycles. The van der Waals surface area contributed by atoms with Crippen LogP contribution in [-0.2, 0) is 14.8 Å². The first-order chi connectivity index (χ1) is 32.6. The molecule has 3 aromatic heterocycles. The van der Waals surface area contributed by atoms with Crippen molar-refractivity contribution in [2.45, 2.75) is 107 Å². The van der Waals surface area contributed by atoms with Crippen LogP contribution in [0.25, 0.3) is 11.0 Å².